The van der Waals surface area contributed by atoms with E-state index in [2.05, 4.69) is 12.2 Å². The van der Waals surface area contributed by atoms with Gasteiger partial charge in [-0.15, -0.1) is 0 Å². The molecule has 0 aromatic heterocycles. The molecular weight excluding hydrogens is 292 g/mol. The molecule has 1 aromatic carbocycles. The van der Waals surface area contributed by atoms with Gasteiger partial charge in [-0.3, -0.25) is 0 Å². The van der Waals surface area contributed by atoms with Crippen LogP contribution in [0.5, 0.6) is 0 Å². The molecule has 2 aliphatic carbocycles. The van der Waals surface area contributed by atoms with Gasteiger partial charge in [-0.05, 0) is 61.3 Å². The summed E-state index contributed by atoms with van der Waals surface area (Å²) in [7, 11) is 0. The zero-order valence-corrected chi connectivity index (χ0v) is 13.1. The number of halogens is 3. The minimum Gasteiger partial charge on any atom is -0.310 e. The van der Waals surface area contributed by atoms with Crippen LogP contribution in [0, 0.1) is 29.4 Å². The maximum absolute atomic E-state index is 13.6. The molecule has 2 saturated carbocycles. The third kappa shape index (κ3) is 2.95. The lowest BCUT2D eigenvalue weighted by atomic mass is 9.99. The van der Waals surface area contributed by atoms with Gasteiger partial charge < -0.3 is 5.32 Å². The van der Waals surface area contributed by atoms with E-state index in [1.165, 1.54) is 31.7 Å². The van der Waals surface area contributed by atoms with Crippen molar-refractivity contribution < 1.29 is 8.78 Å². The number of hydrogen-bond acceptors (Lipinski definition) is 1. The fourth-order valence-corrected chi connectivity index (χ4v) is 4.34. The van der Waals surface area contributed by atoms with Crippen molar-refractivity contribution in [1.82, 2.24) is 5.32 Å². The number of rotatable bonds is 5. The molecule has 1 aromatic rings. The van der Waals surface area contributed by atoms with E-state index in [-0.39, 0.29) is 6.04 Å². The molecule has 0 bridgehead atoms. The van der Waals surface area contributed by atoms with Gasteiger partial charge in [0.15, 0.2) is 11.6 Å². The number of fused-ring (bicyclic) bond motifs is 1. The molecule has 0 amide bonds. The van der Waals surface area contributed by atoms with Crippen LogP contribution in [0.25, 0.3) is 0 Å². The van der Waals surface area contributed by atoms with Gasteiger partial charge in [0.25, 0.3) is 0 Å². The fourth-order valence-electron chi connectivity index (χ4n) is 4.07. The maximum Gasteiger partial charge on any atom is 0.160 e. The van der Waals surface area contributed by atoms with Gasteiger partial charge in [-0.1, -0.05) is 31.4 Å². The van der Waals surface area contributed by atoms with Gasteiger partial charge in [0.1, 0.15) is 0 Å². The Bertz CT molecular complexity index is 508. The van der Waals surface area contributed by atoms with E-state index in [4.69, 9.17) is 11.6 Å². The molecule has 1 N–H and O–H groups in total. The third-order valence-electron chi connectivity index (χ3n) is 5.10. The van der Waals surface area contributed by atoms with E-state index in [0.29, 0.717) is 10.9 Å². The highest BCUT2D eigenvalue weighted by molar-refractivity contribution is 6.31. The largest absolute Gasteiger partial charge is 0.310 e. The molecule has 1 nitrogen and oxygen atoms in total. The molecule has 0 spiro atoms. The van der Waals surface area contributed by atoms with Crippen molar-refractivity contribution in [2.24, 2.45) is 17.8 Å². The van der Waals surface area contributed by atoms with Crippen LogP contribution < -0.4 is 5.32 Å². The van der Waals surface area contributed by atoms with E-state index < -0.39 is 11.6 Å². The first-order valence-electron chi connectivity index (χ1n) is 8.01. The number of nitrogens with one attached hydrogen (secondary N) is 1. The minimum atomic E-state index is -0.869. The second kappa shape index (κ2) is 6.21. The van der Waals surface area contributed by atoms with Crippen LogP contribution >= 0.6 is 11.6 Å². The molecule has 2 fully saturated rings. The quantitative estimate of drug-likeness (QED) is 0.746. The van der Waals surface area contributed by atoms with E-state index in [9.17, 15) is 8.78 Å². The third-order valence-corrected chi connectivity index (χ3v) is 5.42. The zero-order chi connectivity index (χ0) is 15.0. The molecule has 3 rings (SSSR count). The van der Waals surface area contributed by atoms with Crippen molar-refractivity contribution in [3.8, 4) is 0 Å². The van der Waals surface area contributed by atoms with Gasteiger partial charge in [-0.25, -0.2) is 8.78 Å². The van der Waals surface area contributed by atoms with Gasteiger partial charge in [0, 0.05) is 11.1 Å². The predicted octanol–water partition coefficient (Wildman–Crippen LogP) is 5.10. The Morgan fingerprint density at radius 3 is 2.43 bits per heavy atom. The Balaban J connectivity index is 1.87. The lowest BCUT2D eigenvalue weighted by Gasteiger charge is -2.21. The fraction of sp³-hybridized carbons (Fsp3) is 0.647. The summed E-state index contributed by atoms with van der Waals surface area (Å²) in [5.41, 5.74) is 0.725. The minimum absolute atomic E-state index is 0.0562. The first-order chi connectivity index (χ1) is 10.1. The monoisotopic (exact) mass is 313 g/mol. The summed E-state index contributed by atoms with van der Waals surface area (Å²) < 4.78 is 26.9. The van der Waals surface area contributed by atoms with Crippen LogP contribution in [-0.2, 0) is 0 Å². The summed E-state index contributed by atoms with van der Waals surface area (Å²) in [6.07, 6.45) is 6.13. The van der Waals surface area contributed by atoms with Crippen LogP contribution in [0.1, 0.15) is 50.6 Å². The molecule has 0 saturated heterocycles. The molecule has 2 aliphatic rings. The average Bonchev–Trinajstić information content (AvgIpc) is 3.19. The highest BCUT2D eigenvalue weighted by Crippen LogP contribution is 2.60. The molecular formula is C17H22ClF2N. The molecule has 21 heavy (non-hydrogen) atoms. The predicted molar refractivity (Wildman–Crippen MR) is 81.3 cm³/mol. The van der Waals surface area contributed by atoms with Gasteiger partial charge in [0.2, 0.25) is 0 Å². The summed E-state index contributed by atoms with van der Waals surface area (Å²) >= 11 is 6.20. The lowest BCUT2D eigenvalue weighted by molar-refractivity contribution is 0.439. The molecule has 4 heteroatoms. The molecule has 0 heterocycles. The van der Waals surface area contributed by atoms with E-state index in [1.807, 2.05) is 0 Å². The van der Waals surface area contributed by atoms with Crippen molar-refractivity contribution in [3.05, 3.63) is 34.4 Å². The number of hydrogen-bond donors (Lipinski definition) is 1. The van der Waals surface area contributed by atoms with Crippen molar-refractivity contribution in [2.75, 3.05) is 6.54 Å². The SMILES string of the molecule is CCCNC(c1cc(F)c(F)cc1Cl)C1C2CCCCC21. The second-order valence-electron chi connectivity index (χ2n) is 6.41. The van der Waals surface area contributed by atoms with E-state index in [0.717, 1.165) is 36.4 Å². The summed E-state index contributed by atoms with van der Waals surface area (Å²) in [6, 6.07) is 2.45. The average molecular weight is 314 g/mol. The van der Waals surface area contributed by atoms with Crippen molar-refractivity contribution >= 4 is 11.6 Å². The molecule has 3 atom stereocenters. The van der Waals surface area contributed by atoms with E-state index >= 15 is 0 Å². The Morgan fingerprint density at radius 1 is 1.19 bits per heavy atom. The van der Waals surface area contributed by atoms with Crippen molar-refractivity contribution in [1.29, 1.82) is 0 Å². The second-order valence-corrected chi connectivity index (χ2v) is 6.82. The Labute approximate surface area is 130 Å². The van der Waals surface area contributed by atoms with Gasteiger partial charge in [0.05, 0.1) is 0 Å². The van der Waals surface area contributed by atoms with Crippen LogP contribution in [-0.4, -0.2) is 6.54 Å². The van der Waals surface area contributed by atoms with Crippen LogP contribution in [0.2, 0.25) is 5.02 Å². The first kappa shape index (κ1) is 15.2. The van der Waals surface area contributed by atoms with E-state index in [1.54, 1.807) is 0 Å². The summed E-state index contributed by atoms with van der Waals surface area (Å²) in [4.78, 5) is 0. The van der Waals surface area contributed by atoms with Crippen LogP contribution in [0.15, 0.2) is 12.1 Å². The topological polar surface area (TPSA) is 12.0 Å². The Hall–Kier alpha value is -0.670. The van der Waals surface area contributed by atoms with Gasteiger partial charge in [-0.2, -0.15) is 0 Å². The Kier molecular flexibility index (Phi) is 4.51. The Morgan fingerprint density at radius 2 is 1.81 bits per heavy atom. The number of benzene rings is 1. The summed E-state index contributed by atoms with van der Waals surface area (Å²) in [6.45, 7) is 2.98. The van der Waals surface area contributed by atoms with Crippen LogP contribution in [0.3, 0.4) is 0 Å². The van der Waals surface area contributed by atoms with Gasteiger partial charge >= 0.3 is 0 Å². The smallest absolute Gasteiger partial charge is 0.160 e. The highest BCUT2D eigenvalue weighted by Gasteiger charge is 2.54. The standard InChI is InChI=1S/C17H22ClF2N/c1-2-7-21-17(16-10-5-3-4-6-11(10)16)12-8-14(19)15(20)9-13(12)18/h8-11,16-17,21H,2-7H2,1H3. The van der Waals surface area contributed by atoms with Crippen molar-refractivity contribution in [3.63, 3.8) is 0 Å². The summed E-state index contributed by atoms with van der Waals surface area (Å²) in [5, 5.41) is 3.86. The van der Waals surface area contributed by atoms with Crippen LogP contribution in [0.4, 0.5) is 8.78 Å². The molecule has 0 radical (unpaired) electrons. The lowest BCUT2D eigenvalue weighted by Crippen LogP contribution is -2.25. The normalized spacial score (nSPS) is 29.0. The summed E-state index contributed by atoms with van der Waals surface area (Å²) in [5.74, 6) is 0.323. The molecule has 3 unspecified atom stereocenters. The zero-order valence-electron chi connectivity index (χ0n) is 12.3. The highest BCUT2D eigenvalue weighted by atomic mass is 35.5. The van der Waals surface area contributed by atoms with Crippen molar-refractivity contribution in [2.45, 2.75) is 45.1 Å². The molecule has 116 valence electrons. The maximum atomic E-state index is 13.6. The molecule has 0 aliphatic heterocycles. The first-order valence-corrected chi connectivity index (χ1v) is 8.39.